The van der Waals surface area contributed by atoms with E-state index < -0.39 is 10.0 Å². The normalized spacial score (nSPS) is 23.2. The van der Waals surface area contributed by atoms with E-state index >= 15 is 0 Å². The summed E-state index contributed by atoms with van der Waals surface area (Å²) in [5.74, 6) is 0.462. The second-order valence-corrected chi connectivity index (χ2v) is 8.05. The number of benzene rings is 1. The van der Waals surface area contributed by atoms with E-state index in [4.69, 9.17) is 4.74 Å². The summed E-state index contributed by atoms with van der Waals surface area (Å²) in [5, 5.41) is 0. The summed E-state index contributed by atoms with van der Waals surface area (Å²) >= 11 is 0. The molecule has 5 heteroatoms. The number of rotatable bonds is 4. The molecular weight excluding hydrogens is 286 g/mol. The highest BCUT2D eigenvalue weighted by Crippen LogP contribution is 2.32. The zero-order valence-corrected chi connectivity index (χ0v) is 13.3. The van der Waals surface area contributed by atoms with Gasteiger partial charge in [-0.2, -0.15) is 0 Å². The van der Waals surface area contributed by atoms with Crippen LogP contribution in [0.5, 0.6) is 0 Å². The third-order valence-electron chi connectivity index (χ3n) is 4.49. The molecule has 0 amide bonds. The number of sulfonamides is 1. The van der Waals surface area contributed by atoms with Crippen molar-refractivity contribution in [2.24, 2.45) is 5.92 Å². The molecule has 1 N–H and O–H groups in total. The summed E-state index contributed by atoms with van der Waals surface area (Å²) in [6, 6.07) is 6.25. The summed E-state index contributed by atoms with van der Waals surface area (Å²) in [6.45, 7) is 3.44. The van der Waals surface area contributed by atoms with E-state index in [0.29, 0.717) is 13.2 Å². The predicted octanol–water partition coefficient (Wildman–Crippen LogP) is 2.33. The first-order chi connectivity index (χ1) is 10.0. The lowest BCUT2D eigenvalue weighted by Gasteiger charge is -2.23. The Morgan fingerprint density at radius 1 is 1.24 bits per heavy atom. The molecule has 1 aliphatic heterocycles. The zero-order chi connectivity index (χ0) is 14.9. The minimum absolute atomic E-state index is 0.0505. The maximum atomic E-state index is 12.4. The fraction of sp³-hybridized carbons (Fsp3) is 0.625. The highest BCUT2D eigenvalue weighted by molar-refractivity contribution is 7.89. The third-order valence-corrected chi connectivity index (χ3v) is 6.05. The van der Waals surface area contributed by atoms with Gasteiger partial charge in [0.2, 0.25) is 10.0 Å². The summed E-state index contributed by atoms with van der Waals surface area (Å²) < 4.78 is 33.0. The van der Waals surface area contributed by atoms with Gasteiger partial charge in [-0.1, -0.05) is 23.8 Å². The first-order valence-electron chi connectivity index (χ1n) is 7.71. The van der Waals surface area contributed by atoms with Crippen LogP contribution in [-0.4, -0.2) is 27.4 Å². The van der Waals surface area contributed by atoms with E-state index in [-0.39, 0.29) is 17.7 Å². The monoisotopic (exact) mass is 309 g/mol. The van der Waals surface area contributed by atoms with Gasteiger partial charge >= 0.3 is 0 Å². The highest BCUT2D eigenvalue weighted by atomic mass is 32.2. The second-order valence-electron chi connectivity index (χ2n) is 6.25. The molecule has 1 saturated heterocycles. The minimum Gasteiger partial charge on any atom is -0.381 e. The van der Waals surface area contributed by atoms with Gasteiger partial charge < -0.3 is 4.74 Å². The van der Waals surface area contributed by atoms with E-state index in [2.05, 4.69) is 29.8 Å². The molecule has 116 valence electrons. The van der Waals surface area contributed by atoms with Crippen LogP contribution in [0, 0.1) is 12.8 Å². The molecule has 1 aliphatic carbocycles. The lowest BCUT2D eigenvalue weighted by molar-refractivity contribution is 0.0723. The molecule has 3 rings (SSSR count). The topological polar surface area (TPSA) is 55.4 Å². The summed E-state index contributed by atoms with van der Waals surface area (Å²) in [5.41, 5.74) is 3.67. The zero-order valence-electron chi connectivity index (χ0n) is 12.5. The van der Waals surface area contributed by atoms with Crippen LogP contribution in [0.3, 0.4) is 0 Å². The number of hydrogen-bond donors (Lipinski definition) is 1. The van der Waals surface area contributed by atoms with Crippen molar-refractivity contribution in [3.8, 4) is 0 Å². The Bertz CT molecular complexity index is 606. The molecule has 1 heterocycles. The van der Waals surface area contributed by atoms with Crippen LogP contribution in [-0.2, 0) is 21.2 Å². The van der Waals surface area contributed by atoms with Gasteiger partial charge in [-0.25, -0.2) is 13.1 Å². The number of fused-ring (bicyclic) bond motifs is 1. The van der Waals surface area contributed by atoms with Gasteiger partial charge in [-0.3, -0.25) is 0 Å². The molecule has 4 nitrogen and oxygen atoms in total. The number of aryl methyl sites for hydroxylation is 2. The van der Waals surface area contributed by atoms with Crippen molar-refractivity contribution in [1.82, 2.24) is 4.72 Å². The first kappa shape index (κ1) is 15.0. The van der Waals surface area contributed by atoms with Crippen LogP contribution in [0.15, 0.2) is 18.2 Å². The fourth-order valence-electron chi connectivity index (χ4n) is 3.36. The average Bonchev–Trinajstić information content (AvgIpc) is 2.81. The van der Waals surface area contributed by atoms with Crippen molar-refractivity contribution in [2.45, 2.75) is 38.6 Å². The Labute approximate surface area is 126 Å². The second kappa shape index (κ2) is 6.07. The quantitative estimate of drug-likeness (QED) is 0.928. The van der Waals surface area contributed by atoms with E-state index in [1.165, 1.54) is 11.1 Å². The number of hydrogen-bond acceptors (Lipinski definition) is 3. The molecule has 0 spiro atoms. The van der Waals surface area contributed by atoms with Gasteiger partial charge in [0.15, 0.2) is 0 Å². The van der Waals surface area contributed by atoms with Crippen LogP contribution < -0.4 is 4.72 Å². The van der Waals surface area contributed by atoms with Crippen LogP contribution in [0.1, 0.15) is 42.0 Å². The summed E-state index contributed by atoms with van der Waals surface area (Å²) in [7, 11) is -3.22. The summed E-state index contributed by atoms with van der Waals surface area (Å²) in [4.78, 5) is 0. The number of nitrogens with one attached hydrogen (secondary N) is 1. The molecule has 1 unspecified atom stereocenters. The minimum atomic E-state index is -3.22. The van der Waals surface area contributed by atoms with E-state index in [1.807, 2.05) is 0 Å². The lowest BCUT2D eigenvalue weighted by Crippen LogP contribution is -2.34. The molecule has 0 bridgehead atoms. The maximum absolute atomic E-state index is 12.4. The Hall–Kier alpha value is -0.910. The Morgan fingerprint density at radius 3 is 2.76 bits per heavy atom. The molecule has 1 atom stereocenters. The molecule has 0 saturated carbocycles. The highest BCUT2D eigenvalue weighted by Gasteiger charge is 2.28. The standard InChI is InChI=1S/C16H23NO3S/c1-12-2-4-15-14(10-12)3-5-16(15)17-21(18,19)11-13-6-8-20-9-7-13/h2,4,10,13,16-17H,3,5-9,11H2,1H3. The van der Waals surface area contributed by atoms with Crippen LogP contribution >= 0.6 is 0 Å². The predicted molar refractivity (Wildman–Crippen MR) is 82.7 cm³/mol. The largest absolute Gasteiger partial charge is 0.381 e. The SMILES string of the molecule is Cc1ccc2c(c1)CCC2NS(=O)(=O)CC1CCOCC1. The molecule has 21 heavy (non-hydrogen) atoms. The number of ether oxygens (including phenoxy) is 1. The van der Waals surface area contributed by atoms with Crippen molar-refractivity contribution in [1.29, 1.82) is 0 Å². The molecular formula is C16H23NO3S. The molecule has 0 aromatic heterocycles. The lowest BCUT2D eigenvalue weighted by atomic mass is 10.0. The van der Waals surface area contributed by atoms with Crippen LogP contribution in [0.25, 0.3) is 0 Å². The Morgan fingerprint density at radius 2 is 2.00 bits per heavy atom. The van der Waals surface area contributed by atoms with E-state index in [1.54, 1.807) is 0 Å². The van der Waals surface area contributed by atoms with Crippen LogP contribution in [0.4, 0.5) is 0 Å². The smallest absolute Gasteiger partial charge is 0.212 e. The molecule has 0 radical (unpaired) electrons. The molecule has 1 aromatic rings. The van der Waals surface area contributed by atoms with Crippen molar-refractivity contribution < 1.29 is 13.2 Å². The van der Waals surface area contributed by atoms with Gasteiger partial charge in [-0.05, 0) is 49.7 Å². The Kier molecular flexibility index (Phi) is 4.33. The van der Waals surface area contributed by atoms with Gasteiger partial charge in [0.1, 0.15) is 0 Å². The van der Waals surface area contributed by atoms with Gasteiger partial charge in [0.05, 0.1) is 5.75 Å². The Balaban J connectivity index is 1.66. The van der Waals surface area contributed by atoms with Crippen LogP contribution in [0.2, 0.25) is 0 Å². The first-order valence-corrected chi connectivity index (χ1v) is 9.36. The fourth-order valence-corrected chi connectivity index (χ4v) is 5.09. The van der Waals surface area contributed by atoms with Gasteiger partial charge in [0, 0.05) is 19.3 Å². The van der Waals surface area contributed by atoms with Crippen molar-refractivity contribution >= 4 is 10.0 Å². The molecule has 1 fully saturated rings. The molecule has 2 aliphatic rings. The average molecular weight is 309 g/mol. The van der Waals surface area contributed by atoms with Crippen molar-refractivity contribution in [3.05, 3.63) is 34.9 Å². The van der Waals surface area contributed by atoms with Crippen molar-refractivity contribution in [3.63, 3.8) is 0 Å². The molecule has 1 aromatic carbocycles. The summed E-state index contributed by atoms with van der Waals surface area (Å²) in [6.07, 6.45) is 3.52. The van der Waals surface area contributed by atoms with Crippen molar-refractivity contribution in [2.75, 3.05) is 19.0 Å². The van der Waals surface area contributed by atoms with E-state index in [9.17, 15) is 8.42 Å². The van der Waals surface area contributed by atoms with Gasteiger partial charge in [-0.15, -0.1) is 0 Å². The van der Waals surface area contributed by atoms with E-state index in [0.717, 1.165) is 31.2 Å². The van der Waals surface area contributed by atoms with Gasteiger partial charge in [0.25, 0.3) is 0 Å². The maximum Gasteiger partial charge on any atom is 0.212 e. The third kappa shape index (κ3) is 3.65.